The van der Waals surface area contributed by atoms with Crippen LogP contribution in [0.25, 0.3) is 0 Å². The first-order chi connectivity index (χ1) is 8.15. The monoisotopic (exact) mass is 239 g/mol. The third kappa shape index (κ3) is 4.99. The maximum absolute atomic E-state index is 5.59. The van der Waals surface area contributed by atoms with Crippen molar-refractivity contribution in [3.05, 3.63) is 11.9 Å². The van der Waals surface area contributed by atoms with Gasteiger partial charge >= 0.3 is 0 Å². The van der Waals surface area contributed by atoms with Crippen LogP contribution in [0.1, 0.15) is 26.6 Å². The van der Waals surface area contributed by atoms with Crippen LogP contribution in [0.4, 0.5) is 5.82 Å². The van der Waals surface area contributed by atoms with Gasteiger partial charge in [0, 0.05) is 19.7 Å². The molecule has 0 aliphatic carbocycles. The summed E-state index contributed by atoms with van der Waals surface area (Å²) >= 11 is 0. The molecular weight excluding hydrogens is 218 g/mol. The average Bonchev–Trinajstić information content (AvgIpc) is 2.27. The maximum Gasteiger partial charge on any atom is 0.218 e. The Morgan fingerprint density at radius 1 is 1.35 bits per heavy atom. The highest BCUT2D eigenvalue weighted by Gasteiger charge is 2.06. The SMILES string of the molecule is CCNc1cc(OCC(C)C)nc(COC)n1. The van der Waals surface area contributed by atoms with Gasteiger partial charge in [0.25, 0.3) is 0 Å². The van der Waals surface area contributed by atoms with Gasteiger partial charge in [-0.15, -0.1) is 0 Å². The Kier molecular flexibility index (Phi) is 5.69. The molecule has 0 saturated carbocycles. The predicted octanol–water partition coefficient (Wildman–Crippen LogP) is 2.09. The molecule has 0 saturated heterocycles. The fourth-order valence-corrected chi connectivity index (χ4v) is 1.26. The number of hydrogen-bond donors (Lipinski definition) is 1. The van der Waals surface area contributed by atoms with E-state index < -0.39 is 0 Å². The molecule has 17 heavy (non-hydrogen) atoms. The van der Waals surface area contributed by atoms with Gasteiger partial charge in [-0.25, -0.2) is 4.98 Å². The Morgan fingerprint density at radius 2 is 2.12 bits per heavy atom. The number of nitrogens with one attached hydrogen (secondary N) is 1. The van der Waals surface area contributed by atoms with Crippen LogP contribution in [0.2, 0.25) is 0 Å². The van der Waals surface area contributed by atoms with Crippen LogP contribution in [0, 0.1) is 5.92 Å². The van der Waals surface area contributed by atoms with E-state index in [4.69, 9.17) is 9.47 Å². The molecule has 0 aliphatic rings. The lowest BCUT2D eigenvalue weighted by atomic mass is 10.2. The molecule has 0 fully saturated rings. The van der Waals surface area contributed by atoms with Gasteiger partial charge in [0.1, 0.15) is 12.4 Å². The summed E-state index contributed by atoms with van der Waals surface area (Å²) in [5.41, 5.74) is 0. The van der Waals surface area contributed by atoms with Gasteiger partial charge in [-0.3, -0.25) is 0 Å². The molecule has 0 aliphatic heterocycles. The molecule has 96 valence electrons. The van der Waals surface area contributed by atoms with E-state index in [-0.39, 0.29) is 0 Å². The molecule has 5 nitrogen and oxygen atoms in total. The standard InChI is InChI=1S/C12H21N3O2/c1-5-13-10-6-12(17-7-9(2)3)15-11(14-10)8-16-4/h6,9H,5,7-8H2,1-4H3,(H,13,14,15). The van der Waals surface area contributed by atoms with Crippen LogP contribution in [0.15, 0.2) is 6.07 Å². The van der Waals surface area contributed by atoms with Crippen LogP contribution in [-0.4, -0.2) is 30.2 Å². The molecule has 0 bridgehead atoms. The van der Waals surface area contributed by atoms with Gasteiger partial charge in [0.15, 0.2) is 5.82 Å². The Bertz CT molecular complexity index is 318. The van der Waals surface area contributed by atoms with Crippen LogP contribution in [-0.2, 0) is 11.3 Å². The number of hydrogen-bond acceptors (Lipinski definition) is 5. The minimum Gasteiger partial charge on any atom is -0.477 e. The third-order valence-electron chi connectivity index (χ3n) is 1.94. The number of nitrogens with zero attached hydrogens (tertiary/aromatic N) is 2. The lowest BCUT2D eigenvalue weighted by Crippen LogP contribution is -2.09. The van der Waals surface area contributed by atoms with Crippen LogP contribution >= 0.6 is 0 Å². The highest BCUT2D eigenvalue weighted by Crippen LogP contribution is 2.14. The summed E-state index contributed by atoms with van der Waals surface area (Å²) in [6.07, 6.45) is 0. The highest BCUT2D eigenvalue weighted by molar-refractivity contribution is 5.38. The second-order valence-electron chi connectivity index (χ2n) is 4.18. The molecule has 0 radical (unpaired) electrons. The van der Waals surface area contributed by atoms with E-state index in [2.05, 4.69) is 29.1 Å². The van der Waals surface area contributed by atoms with Crippen molar-refractivity contribution in [2.24, 2.45) is 5.92 Å². The van der Waals surface area contributed by atoms with E-state index in [1.165, 1.54) is 0 Å². The van der Waals surface area contributed by atoms with E-state index in [0.29, 0.717) is 30.8 Å². The van der Waals surface area contributed by atoms with E-state index >= 15 is 0 Å². The number of rotatable bonds is 7. The molecule has 1 N–H and O–H groups in total. The zero-order valence-electron chi connectivity index (χ0n) is 11.0. The normalized spacial score (nSPS) is 10.6. The van der Waals surface area contributed by atoms with E-state index in [9.17, 15) is 0 Å². The molecule has 0 amide bonds. The van der Waals surface area contributed by atoms with E-state index in [1.54, 1.807) is 7.11 Å². The minimum absolute atomic E-state index is 0.386. The van der Waals surface area contributed by atoms with Crippen LogP contribution < -0.4 is 10.1 Å². The molecule has 0 spiro atoms. The zero-order chi connectivity index (χ0) is 12.7. The van der Waals surface area contributed by atoms with Gasteiger partial charge in [-0.2, -0.15) is 4.98 Å². The molecule has 5 heteroatoms. The lowest BCUT2D eigenvalue weighted by molar-refractivity contribution is 0.175. The van der Waals surface area contributed by atoms with Crippen molar-refractivity contribution in [3.63, 3.8) is 0 Å². The maximum atomic E-state index is 5.59. The zero-order valence-corrected chi connectivity index (χ0v) is 11.0. The Labute approximate surface area is 103 Å². The second-order valence-corrected chi connectivity index (χ2v) is 4.18. The first-order valence-electron chi connectivity index (χ1n) is 5.89. The number of anilines is 1. The van der Waals surface area contributed by atoms with E-state index in [0.717, 1.165) is 12.4 Å². The Hall–Kier alpha value is -1.36. The van der Waals surface area contributed by atoms with Gasteiger partial charge in [0.05, 0.1) is 6.61 Å². The second kappa shape index (κ2) is 7.06. The van der Waals surface area contributed by atoms with Crippen molar-refractivity contribution in [2.75, 3.05) is 25.6 Å². The largest absolute Gasteiger partial charge is 0.477 e. The van der Waals surface area contributed by atoms with Crippen molar-refractivity contribution in [2.45, 2.75) is 27.4 Å². The molecule has 0 unspecified atom stereocenters. The summed E-state index contributed by atoms with van der Waals surface area (Å²) in [6, 6.07) is 1.81. The van der Waals surface area contributed by atoms with Crippen molar-refractivity contribution in [1.29, 1.82) is 0 Å². The molecule has 0 atom stereocenters. The fourth-order valence-electron chi connectivity index (χ4n) is 1.26. The average molecular weight is 239 g/mol. The molecule has 1 aromatic heterocycles. The highest BCUT2D eigenvalue weighted by atomic mass is 16.5. The Balaban J connectivity index is 2.79. The predicted molar refractivity (Wildman–Crippen MR) is 67.2 cm³/mol. The molecular formula is C12H21N3O2. The summed E-state index contributed by atoms with van der Waals surface area (Å²) in [7, 11) is 1.62. The Morgan fingerprint density at radius 3 is 2.71 bits per heavy atom. The van der Waals surface area contributed by atoms with Crippen molar-refractivity contribution < 1.29 is 9.47 Å². The summed E-state index contributed by atoms with van der Waals surface area (Å²) in [6.45, 7) is 8.07. The summed E-state index contributed by atoms with van der Waals surface area (Å²) < 4.78 is 10.6. The van der Waals surface area contributed by atoms with Crippen molar-refractivity contribution >= 4 is 5.82 Å². The smallest absolute Gasteiger partial charge is 0.218 e. The van der Waals surface area contributed by atoms with Crippen LogP contribution in [0.3, 0.4) is 0 Å². The number of ether oxygens (including phenoxy) is 2. The summed E-state index contributed by atoms with van der Waals surface area (Å²) in [5.74, 6) is 2.47. The van der Waals surface area contributed by atoms with Crippen molar-refractivity contribution in [1.82, 2.24) is 9.97 Å². The molecule has 0 aromatic carbocycles. The quantitative estimate of drug-likeness (QED) is 0.789. The first-order valence-corrected chi connectivity index (χ1v) is 5.89. The molecule has 1 heterocycles. The summed E-state index contributed by atoms with van der Waals surface area (Å²) in [4.78, 5) is 8.59. The lowest BCUT2D eigenvalue weighted by Gasteiger charge is -2.11. The third-order valence-corrected chi connectivity index (χ3v) is 1.94. The van der Waals surface area contributed by atoms with E-state index in [1.807, 2.05) is 13.0 Å². The van der Waals surface area contributed by atoms with Gasteiger partial charge in [-0.05, 0) is 12.8 Å². The van der Waals surface area contributed by atoms with Crippen molar-refractivity contribution in [3.8, 4) is 5.88 Å². The molecule has 1 aromatic rings. The minimum atomic E-state index is 0.386. The van der Waals surface area contributed by atoms with Gasteiger partial charge in [0.2, 0.25) is 5.88 Å². The van der Waals surface area contributed by atoms with Crippen LogP contribution in [0.5, 0.6) is 5.88 Å². The number of aromatic nitrogens is 2. The topological polar surface area (TPSA) is 56.3 Å². The fraction of sp³-hybridized carbons (Fsp3) is 0.667. The number of methoxy groups -OCH3 is 1. The summed E-state index contributed by atoms with van der Waals surface area (Å²) in [5, 5.41) is 3.15. The van der Waals surface area contributed by atoms with Gasteiger partial charge < -0.3 is 14.8 Å². The molecule has 1 rings (SSSR count). The van der Waals surface area contributed by atoms with Gasteiger partial charge in [-0.1, -0.05) is 13.8 Å². The first kappa shape index (κ1) is 13.7.